The fourth-order valence-electron chi connectivity index (χ4n) is 3.44. The lowest BCUT2D eigenvalue weighted by Gasteiger charge is -2.26. The number of fused-ring (bicyclic) bond motifs is 1. The number of nitrogens with zero attached hydrogens (tertiary/aromatic N) is 4. The van der Waals surface area contributed by atoms with E-state index in [1.807, 2.05) is 6.26 Å². The zero-order valence-corrected chi connectivity index (χ0v) is 27.7. The summed E-state index contributed by atoms with van der Waals surface area (Å²) < 4.78 is 85.1. The number of halogens is 5. The number of phosphoric ester groups is 1. The molecule has 0 radical (unpaired) electrons. The second-order valence-electron chi connectivity index (χ2n) is 8.78. The summed E-state index contributed by atoms with van der Waals surface area (Å²) in [7, 11) is -17.4. The second-order valence-corrected chi connectivity index (χ2v) is 18.9. The van der Waals surface area contributed by atoms with Crippen molar-refractivity contribution in [2.75, 3.05) is 36.2 Å². The van der Waals surface area contributed by atoms with Gasteiger partial charge in [-0.05, 0) is 6.26 Å². The Bertz CT molecular complexity index is 1470. The first-order chi connectivity index (χ1) is 20.1. The Balaban J connectivity index is 1.82. The molecular weight excluding hydrogens is 751 g/mol. The number of hydrogen-bond donors (Lipinski definition) is 7. The van der Waals surface area contributed by atoms with Crippen molar-refractivity contribution in [3.8, 4) is 0 Å². The predicted molar refractivity (Wildman–Crippen MR) is 153 cm³/mol. The van der Waals surface area contributed by atoms with Crippen LogP contribution in [-0.4, -0.2) is 109 Å². The molecular formula is C17H25Cl2F3N5O12P3S2. The fraction of sp³-hybridized carbons (Fsp3) is 0.706. The number of ether oxygens (including phenoxy) is 1. The van der Waals surface area contributed by atoms with Crippen molar-refractivity contribution in [1.29, 1.82) is 0 Å². The lowest BCUT2D eigenvalue weighted by molar-refractivity contribution is -0.129. The number of phosphoric acid groups is 1. The Morgan fingerprint density at radius 1 is 1.11 bits per heavy atom. The summed E-state index contributed by atoms with van der Waals surface area (Å²) in [6.45, 7) is -0.697. The van der Waals surface area contributed by atoms with Crippen LogP contribution in [0.4, 0.5) is 19.0 Å². The van der Waals surface area contributed by atoms with Crippen LogP contribution in [0.1, 0.15) is 12.6 Å². The number of anilines is 1. The van der Waals surface area contributed by atoms with Crippen molar-refractivity contribution in [2.45, 2.75) is 46.1 Å². The van der Waals surface area contributed by atoms with Crippen molar-refractivity contribution >= 4 is 86.7 Å². The van der Waals surface area contributed by atoms with Crippen LogP contribution in [0.15, 0.2) is 11.5 Å². The molecule has 0 bridgehead atoms. The molecule has 0 aliphatic carbocycles. The molecule has 1 aliphatic heterocycles. The highest BCUT2D eigenvalue weighted by Gasteiger charge is 2.62. The minimum Gasteiger partial charge on any atom is -0.387 e. The zero-order chi connectivity index (χ0) is 33.3. The van der Waals surface area contributed by atoms with E-state index in [1.165, 1.54) is 11.8 Å². The van der Waals surface area contributed by atoms with E-state index >= 15 is 0 Å². The first-order valence-corrected chi connectivity index (χ1v) is 19.6. The predicted octanol–water partition coefficient (Wildman–Crippen LogP) is 2.85. The van der Waals surface area contributed by atoms with Crippen LogP contribution in [0.3, 0.4) is 0 Å². The first-order valence-electron chi connectivity index (χ1n) is 11.7. The standard InChI is InChI=1S/C17H25Cl2F3N5O12P3S2/c1-43-5-3-23-12-9-13(26-15(25-12)44-4-2-16(20,21)22)27(7-24-9)14-11(29)10(28)8(38-14)6-37-42(35,36)39-41(33,34)17(18,19)40(30,31)32/h7-8,10-11,14,28-29H,2-6H2,1H3,(H,33,34)(H,35,36)(H,23,25,26)(H2,30,31,32)/t8-,10+,11-,14-/m1/s1. The molecule has 0 amide bonds. The molecule has 0 aromatic carbocycles. The lowest BCUT2D eigenvalue weighted by atomic mass is 10.1. The summed E-state index contributed by atoms with van der Waals surface area (Å²) in [5.41, 5.74) is 0.119. The topological polar surface area (TPSA) is 256 Å². The minimum atomic E-state index is -5.97. The molecule has 2 unspecified atom stereocenters. The van der Waals surface area contributed by atoms with Crippen molar-refractivity contribution < 1.29 is 70.2 Å². The molecule has 3 heterocycles. The van der Waals surface area contributed by atoms with Crippen LogP contribution in [0.2, 0.25) is 0 Å². The van der Waals surface area contributed by atoms with E-state index in [0.29, 0.717) is 24.1 Å². The highest BCUT2D eigenvalue weighted by Crippen LogP contribution is 2.79. The molecule has 0 spiro atoms. The molecule has 2 aromatic heterocycles. The van der Waals surface area contributed by atoms with Gasteiger partial charge in [0.1, 0.15) is 18.3 Å². The average Bonchev–Trinajstić information content (AvgIpc) is 3.41. The maximum absolute atomic E-state index is 12.7. The number of rotatable bonds is 15. The Kier molecular flexibility index (Phi) is 12.6. The van der Waals surface area contributed by atoms with Gasteiger partial charge in [-0.1, -0.05) is 35.0 Å². The van der Waals surface area contributed by atoms with Gasteiger partial charge < -0.3 is 39.8 Å². The van der Waals surface area contributed by atoms with Gasteiger partial charge in [0.05, 0.1) is 19.4 Å². The molecule has 27 heteroatoms. The van der Waals surface area contributed by atoms with E-state index in [0.717, 1.165) is 10.9 Å². The van der Waals surface area contributed by atoms with Crippen LogP contribution in [0, 0.1) is 0 Å². The van der Waals surface area contributed by atoms with E-state index in [4.69, 9.17) is 37.7 Å². The number of imidazole rings is 1. The minimum absolute atomic E-state index is 0.0191. The third kappa shape index (κ3) is 9.21. The number of aromatic nitrogens is 4. The van der Waals surface area contributed by atoms with Gasteiger partial charge in [-0.15, -0.1) is 0 Å². The van der Waals surface area contributed by atoms with Crippen molar-refractivity contribution in [1.82, 2.24) is 19.5 Å². The average molecular weight is 776 g/mol. The molecule has 17 nitrogen and oxygen atoms in total. The maximum Gasteiger partial charge on any atom is 0.479 e. The van der Waals surface area contributed by atoms with Gasteiger partial charge in [-0.3, -0.25) is 18.2 Å². The summed E-state index contributed by atoms with van der Waals surface area (Å²) in [6.07, 6.45) is -9.29. The van der Waals surface area contributed by atoms with Gasteiger partial charge in [-0.25, -0.2) is 23.8 Å². The Labute approximate surface area is 264 Å². The van der Waals surface area contributed by atoms with Gasteiger partial charge in [-0.2, -0.15) is 24.9 Å². The molecule has 1 saturated heterocycles. The SMILES string of the molecule is CSCCNc1nc(SCCC(F)(F)F)nc2c1ncn2[C@@H]1O[C@H](COP(=O)(O)OP(=O)(O)C(Cl)(Cl)P(=O)(O)O)[C@H](O)[C@H]1O. The van der Waals surface area contributed by atoms with Crippen molar-refractivity contribution in [3.05, 3.63) is 6.33 Å². The maximum atomic E-state index is 12.7. The Morgan fingerprint density at radius 3 is 2.36 bits per heavy atom. The quantitative estimate of drug-likeness (QED) is 0.0451. The van der Waals surface area contributed by atoms with Gasteiger partial charge >= 0.3 is 33.0 Å². The third-order valence-corrected chi connectivity index (χ3v) is 14.7. The van der Waals surface area contributed by atoms with Gasteiger partial charge in [0.25, 0.3) is 0 Å². The van der Waals surface area contributed by atoms with Crippen molar-refractivity contribution in [3.63, 3.8) is 0 Å². The number of nitrogens with one attached hydrogen (secondary N) is 1. The number of hydrogen-bond acceptors (Lipinski definition) is 14. The molecule has 44 heavy (non-hydrogen) atoms. The summed E-state index contributed by atoms with van der Waals surface area (Å²) in [5, 5.41) is 24.1. The van der Waals surface area contributed by atoms with E-state index in [1.54, 1.807) is 0 Å². The summed E-state index contributed by atoms with van der Waals surface area (Å²) in [5.74, 6) is 0.407. The zero-order valence-electron chi connectivity index (χ0n) is 21.9. The van der Waals surface area contributed by atoms with Crippen molar-refractivity contribution in [2.24, 2.45) is 0 Å². The first kappa shape index (κ1) is 38.2. The number of thioether (sulfide) groups is 2. The van der Waals surface area contributed by atoms with E-state index in [-0.39, 0.29) is 22.1 Å². The van der Waals surface area contributed by atoms with Gasteiger partial charge in [0.15, 0.2) is 28.4 Å². The third-order valence-electron chi connectivity index (χ3n) is 5.53. The van der Waals surface area contributed by atoms with E-state index in [2.05, 4.69) is 29.1 Å². The lowest BCUT2D eigenvalue weighted by Crippen LogP contribution is -2.33. The van der Waals surface area contributed by atoms with Gasteiger partial charge in [0, 0.05) is 18.1 Å². The Hall–Kier alpha value is -0.250. The normalized spacial score (nSPS) is 24.4. The summed E-state index contributed by atoms with van der Waals surface area (Å²) in [4.78, 5) is 50.4. The second kappa shape index (κ2) is 14.5. The van der Waals surface area contributed by atoms with E-state index in [9.17, 15) is 46.9 Å². The summed E-state index contributed by atoms with van der Waals surface area (Å²) in [6, 6.07) is 0. The van der Waals surface area contributed by atoms with Crippen LogP contribution < -0.4 is 5.32 Å². The van der Waals surface area contributed by atoms with Crippen LogP contribution in [0.5, 0.6) is 0 Å². The van der Waals surface area contributed by atoms with Crippen LogP contribution >= 0.6 is 69.7 Å². The van der Waals surface area contributed by atoms with Gasteiger partial charge in [0.2, 0.25) is 0 Å². The van der Waals surface area contributed by atoms with Crippen LogP contribution in [-0.2, 0) is 27.3 Å². The molecule has 252 valence electrons. The summed E-state index contributed by atoms with van der Waals surface area (Å²) >= 11 is 12.6. The molecule has 1 aliphatic rings. The highest BCUT2D eigenvalue weighted by atomic mass is 35.5. The number of aliphatic hydroxyl groups excluding tert-OH is 2. The monoisotopic (exact) mass is 775 g/mol. The molecule has 0 saturated carbocycles. The highest BCUT2D eigenvalue weighted by molar-refractivity contribution is 7.99. The fourth-order valence-corrected chi connectivity index (χ4v) is 8.81. The van der Waals surface area contributed by atoms with E-state index < -0.39 is 76.3 Å². The molecule has 2 aromatic rings. The van der Waals surface area contributed by atoms with Crippen LogP contribution in [0.25, 0.3) is 11.2 Å². The molecule has 7 N–H and O–H groups in total. The number of alkyl halides is 5. The number of aliphatic hydroxyl groups is 2. The molecule has 3 rings (SSSR count). The smallest absolute Gasteiger partial charge is 0.387 e. The largest absolute Gasteiger partial charge is 0.479 e. The molecule has 1 fully saturated rings. The Morgan fingerprint density at radius 2 is 1.77 bits per heavy atom. The molecule has 6 atom stereocenters.